The number of halogens is 3. The zero-order valence-electron chi connectivity index (χ0n) is 16.0. The van der Waals surface area contributed by atoms with Crippen LogP contribution in [0.2, 0.25) is 0 Å². The summed E-state index contributed by atoms with van der Waals surface area (Å²) >= 11 is 4.56. The second-order valence-corrected chi connectivity index (χ2v) is 8.97. The maximum atomic E-state index is 14.6. The number of carbonyl (C=O) groups excluding carboxylic acids is 2. The molecular formula is C23H12BrF2NO4S. The lowest BCUT2D eigenvalue weighted by molar-refractivity contribution is -0.117. The molecule has 1 aliphatic heterocycles. The zero-order valence-corrected chi connectivity index (χ0v) is 18.4. The van der Waals surface area contributed by atoms with Crippen LogP contribution in [0.15, 0.2) is 80.2 Å². The summed E-state index contributed by atoms with van der Waals surface area (Å²) < 4.78 is 34.9. The lowest BCUT2D eigenvalue weighted by atomic mass is 10.00. The maximum absolute atomic E-state index is 14.6. The van der Waals surface area contributed by atoms with Gasteiger partial charge in [0.15, 0.2) is 11.5 Å². The molecule has 1 amide bonds. The molecule has 2 aromatic heterocycles. The molecule has 32 heavy (non-hydrogen) atoms. The number of Topliss-reactive ketones (excluding diaryl/α,β-unsaturated/α-hetero) is 1. The molecular weight excluding hydrogens is 504 g/mol. The van der Waals surface area contributed by atoms with Crippen molar-refractivity contribution in [3.8, 4) is 0 Å². The number of aliphatic hydroxyl groups is 1. The number of rotatable bonds is 4. The first kappa shape index (κ1) is 20.6. The van der Waals surface area contributed by atoms with E-state index in [1.165, 1.54) is 17.4 Å². The molecule has 1 N–H and O–H groups in total. The number of anilines is 1. The minimum atomic E-state index is -1.15. The van der Waals surface area contributed by atoms with Crippen molar-refractivity contribution in [2.75, 3.05) is 4.90 Å². The van der Waals surface area contributed by atoms with Gasteiger partial charge in [0.05, 0.1) is 11.3 Å². The van der Waals surface area contributed by atoms with E-state index in [0.717, 1.165) is 27.6 Å². The van der Waals surface area contributed by atoms with Crippen LogP contribution in [0, 0.1) is 11.6 Å². The van der Waals surface area contributed by atoms with Gasteiger partial charge in [-0.2, -0.15) is 0 Å². The topological polar surface area (TPSA) is 70.8 Å². The highest BCUT2D eigenvalue weighted by Crippen LogP contribution is 2.44. The second-order valence-electron chi connectivity index (χ2n) is 7.07. The van der Waals surface area contributed by atoms with Gasteiger partial charge in [0, 0.05) is 20.8 Å². The highest BCUT2D eigenvalue weighted by molar-refractivity contribution is 9.10. The van der Waals surface area contributed by atoms with E-state index in [4.69, 9.17) is 4.42 Å². The molecule has 4 aromatic rings. The molecule has 5 nitrogen and oxygen atoms in total. The quantitative estimate of drug-likeness (QED) is 0.323. The summed E-state index contributed by atoms with van der Waals surface area (Å²) in [5, 5.41) is 13.0. The molecule has 0 bridgehead atoms. The highest BCUT2D eigenvalue weighted by atomic mass is 79.9. The Balaban J connectivity index is 1.66. The molecule has 0 fully saturated rings. The Hall–Kier alpha value is -3.30. The van der Waals surface area contributed by atoms with Gasteiger partial charge in [0.1, 0.15) is 23.3 Å². The van der Waals surface area contributed by atoms with E-state index in [0.29, 0.717) is 15.8 Å². The number of amides is 1. The Labute approximate surface area is 192 Å². The summed E-state index contributed by atoms with van der Waals surface area (Å²) in [6, 6.07) is 11.5. The minimum Gasteiger partial charge on any atom is -0.503 e. The number of hydrogen-bond donors (Lipinski definition) is 1. The maximum Gasteiger partial charge on any atom is 0.294 e. The average molecular weight is 516 g/mol. The number of fused-ring (bicyclic) bond motifs is 1. The van der Waals surface area contributed by atoms with E-state index < -0.39 is 35.1 Å². The summed E-state index contributed by atoms with van der Waals surface area (Å²) in [6.45, 7) is 0. The van der Waals surface area contributed by atoms with Crippen LogP contribution < -0.4 is 4.90 Å². The van der Waals surface area contributed by atoms with Gasteiger partial charge in [-0.05, 0) is 47.8 Å². The number of thiophene rings is 1. The van der Waals surface area contributed by atoms with E-state index in [-0.39, 0.29) is 17.0 Å². The monoisotopic (exact) mass is 515 g/mol. The molecule has 0 saturated heterocycles. The summed E-state index contributed by atoms with van der Waals surface area (Å²) in [5.41, 5.74) is -0.197. The van der Waals surface area contributed by atoms with Crippen molar-refractivity contribution in [2.24, 2.45) is 0 Å². The predicted molar refractivity (Wildman–Crippen MR) is 119 cm³/mol. The smallest absolute Gasteiger partial charge is 0.294 e. The molecule has 3 heterocycles. The standard InChI is InChI=1S/C23H12BrF2NO4S/c24-12-3-6-16-11(8-12)9-17(31-16)21(28)19-20(18-2-1-7-32-18)27(23(30)22(19)29)15-10-13(25)4-5-14(15)26/h1-10,20,29H. The number of hydrogen-bond acceptors (Lipinski definition) is 5. The summed E-state index contributed by atoms with van der Waals surface area (Å²) in [4.78, 5) is 27.8. The van der Waals surface area contributed by atoms with Crippen molar-refractivity contribution in [3.05, 3.63) is 98.1 Å². The third-order valence-corrected chi connectivity index (χ3v) is 6.55. The first-order valence-electron chi connectivity index (χ1n) is 9.34. The van der Waals surface area contributed by atoms with Crippen molar-refractivity contribution in [1.29, 1.82) is 0 Å². The number of aliphatic hydroxyl groups excluding tert-OH is 1. The van der Waals surface area contributed by atoms with Crippen LogP contribution in [-0.4, -0.2) is 16.8 Å². The van der Waals surface area contributed by atoms with Gasteiger partial charge in [-0.1, -0.05) is 22.0 Å². The molecule has 1 aliphatic rings. The molecule has 0 spiro atoms. The molecule has 1 atom stereocenters. The second kappa shape index (κ2) is 7.68. The van der Waals surface area contributed by atoms with Gasteiger partial charge >= 0.3 is 0 Å². The van der Waals surface area contributed by atoms with Crippen LogP contribution in [-0.2, 0) is 4.79 Å². The molecule has 0 radical (unpaired) electrons. The van der Waals surface area contributed by atoms with Crippen LogP contribution in [0.1, 0.15) is 21.5 Å². The summed E-state index contributed by atoms with van der Waals surface area (Å²) in [5.74, 6) is -4.28. The number of benzene rings is 2. The van der Waals surface area contributed by atoms with E-state index >= 15 is 0 Å². The van der Waals surface area contributed by atoms with Gasteiger partial charge in [-0.15, -0.1) is 11.3 Å². The summed E-state index contributed by atoms with van der Waals surface area (Å²) in [7, 11) is 0. The Morgan fingerprint density at radius 3 is 2.69 bits per heavy atom. The highest BCUT2D eigenvalue weighted by Gasteiger charge is 2.46. The largest absolute Gasteiger partial charge is 0.503 e. The van der Waals surface area contributed by atoms with Crippen LogP contribution in [0.4, 0.5) is 14.5 Å². The van der Waals surface area contributed by atoms with Gasteiger partial charge in [-0.3, -0.25) is 14.5 Å². The Kier molecular flexibility index (Phi) is 4.94. The fourth-order valence-corrected chi connectivity index (χ4v) is 4.93. The molecule has 5 rings (SSSR count). The minimum absolute atomic E-state index is 0.0874. The third-order valence-electron chi connectivity index (χ3n) is 5.14. The van der Waals surface area contributed by atoms with Crippen molar-refractivity contribution >= 4 is 55.6 Å². The van der Waals surface area contributed by atoms with Crippen molar-refractivity contribution in [2.45, 2.75) is 6.04 Å². The fourth-order valence-electron chi connectivity index (χ4n) is 3.73. The van der Waals surface area contributed by atoms with Crippen molar-refractivity contribution < 1.29 is 27.9 Å². The lowest BCUT2D eigenvalue weighted by Gasteiger charge is -2.25. The SMILES string of the molecule is O=C(C1=C(O)C(=O)N(c2cc(F)ccc2F)C1c1cccs1)c1cc2cc(Br)ccc2o1. The molecule has 1 unspecified atom stereocenters. The Bertz CT molecular complexity index is 1430. The number of furan rings is 1. The number of ketones is 1. The summed E-state index contributed by atoms with van der Waals surface area (Å²) in [6.07, 6.45) is 0. The zero-order chi connectivity index (χ0) is 22.6. The van der Waals surface area contributed by atoms with Crippen LogP contribution in [0.25, 0.3) is 11.0 Å². The normalized spacial score (nSPS) is 16.4. The van der Waals surface area contributed by atoms with Crippen molar-refractivity contribution in [3.63, 3.8) is 0 Å². The molecule has 0 aliphatic carbocycles. The Morgan fingerprint density at radius 2 is 1.94 bits per heavy atom. The fraction of sp³-hybridized carbons (Fsp3) is 0.0435. The van der Waals surface area contributed by atoms with E-state index in [9.17, 15) is 23.5 Å². The van der Waals surface area contributed by atoms with Crippen LogP contribution in [0.3, 0.4) is 0 Å². The lowest BCUT2D eigenvalue weighted by Crippen LogP contribution is -2.31. The van der Waals surface area contributed by atoms with Crippen LogP contribution in [0.5, 0.6) is 0 Å². The first-order valence-corrected chi connectivity index (χ1v) is 11.0. The third kappa shape index (κ3) is 3.25. The van der Waals surface area contributed by atoms with Gasteiger partial charge in [0.2, 0.25) is 5.78 Å². The molecule has 9 heteroatoms. The van der Waals surface area contributed by atoms with Gasteiger partial charge < -0.3 is 9.52 Å². The van der Waals surface area contributed by atoms with E-state index in [1.54, 1.807) is 35.7 Å². The van der Waals surface area contributed by atoms with Crippen molar-refractivity contribution in [1.82, 2.24) is 0 Å². The van der Waals surface area contributed by atoms with Gasteiger partial charge in [0.25, 0.3) is 5.91 Å². The van der Waals surface area contributed by atoms with Gasteiger partial charge in [-0.25, -0.2) is 8.78 Å². The average Bonchev–Trinajstić information content (AvgIpc) is 3.48. The number of nitrogens with zero attached hydrogens (tertiary/aromatic N) is 1. The predicted octanol–water partition coefficient (Wildman–Crippen LogP) is 6.32. The molecule has 2 aromatic carbocycles. The molecule has 0 saturated carbocycles. The first-order chi connectivity index (χ1) is 15.3. The van der Waals surface area contributed by atoms with Crippen LogP contribution >= 0.6 is 27.3 Å². The van der Waals surface area contributed by atoms with E-state index in [1.807, 2.05) is 0 Å². The molecule has 160 valence electrons. The Morgan fingerprint density at radius 1 is 1.12 bits per heavy atom. The van der Waals surface area contributed by atoms with E-state index in [2.05, 4.69) is 15.9 Å². The number of carbonyl (C=O) groups is 2.